The highest BCUT2D eigenvalue weighted by atomic mass is 19.4. The van der Waals surface area contributed by atoms with Gasteiger partial charge in [0.15, 0.2) is 12.2 Å². The molecule has 37 heavy (non-hydrogen) atoms. The monoisotopic (exact) mass is 532 g/mol. The number of ether oxygens (including phenoxy) is 6. The normalized spacial score (nSPS) is 26.0. The highest BCUT2D eigenvalue weighted by Gasteiger charge is 2.65. The van der Waals surface area contributed by atoms with E-state index < -0.39 is 73.0 Å². The molecule has 1 fully saturated rings. The van der Waals surface area contributed by atoms with Gasteiger partial charge in [-0.1, -0.05) is 12.1 Å². The Balaban J connectivity index is 1.92. The predicted molar refractivity (Wildman–Crippen MR) is 112 cm³/mol. The molecule has 1 aromatic rings. The van der Waals surface area contributed by atoms with E-state index in [1.54, 1.807) is 0 Å². The van der Waals surface area contributed by atoms with Gasteiger partial charge in [-0.05, 0) is 12.1 Å². The van der Waals surface area contributed by atoms with E-state index in [2.05, 4.69) is 10.2 Å². The third-order valence-electron chi connectivity index (χ3n) is 5.15. The lowest BCUT2D eigenvalue weighted by Crippen LogP contribution is -2.63. The maximum atomic E-state index is 13.3. The average molecular weight is 532 g/mol. The minimum absolute atomic E-state index is 0.0253. The first-order valence-corrected chi connectivity index (χ1v) is 10.8. The maximum absolute atomic E-state index is 13.3. The molecule has 5 atom stereocenters. The molecule has 202 valence electrons. The SMILES string of the molecule is CC(=O)OC[C@H]1O[C@@H](Oc2ccc(C3(C(F)(F)F)N=N3)cc2)[C@H](OC(C)=O)[C@@H](OC(C)=O)[C@H]1OC(C)=O. The molecular formula is C22H23F3N2O10. The number of hydrogen-bond donors (Lipinski definition) is 0. The molecule has 2 aliphatic heterocycles. The number of benzene rings is 1. The highest BCUT2D eigenvalue weighted by Crippen LogP contribution is 2.52. The van der Waals surface area contributed by atoms with Crippen molar-refractivity contribution in [2.24, 2.45) is 10.2 Å². The molecule has 0 aliphatic carbocycles. The second kappa shape index (κ2) is 10.7. The largest absolute Gasteiger partial charge is 0.463 e. The molecule has 2 heterocycles. The third kappa shape index (κ3) is 6.53. The molecule has 3 rings (SSSR count). The number of carbonyl (C=O) groups is 4. The van der Waals surface area contributed by atoms with Crippen LogP contribution in [-0.2, 0) is 48.5 Å². The number of halogens is 3. The van der Waals surface area contributed by atoms with Crippen LogP contribution in [0.5, 0.6) is 5.75 Å². The topological polar surface area (TPSA) is 148 Å². The Morgan fingerprint density at radius 1 is 0.838 bits per heavy atom. The van der Waals surface area contributed by atoms with Gasteiger partial charge < -0.3 is 28.4 Å². The standard InChI is InChI=1S/C22H23F3N2O10/c1-10(28)32-9-16-17(33-11(2)29)18(34-12(3)30)19(35-13(4)31)20(37-16)36-15-7-5-14(6-8-15)21(26-27-21)22(23,24)25/h5-8,16-20H,9H2,1-4H3/t16-,17+,18+,19-,20-/m1/s1. The second-order valence-electron chi connectivity index (χ2n) is 8.08. The van der Waals surface area contributed by atoms with E-state index in [1.807, 2.05) is 0 Å². The van der Waals surface area contributed by atoms with Gasteiger partial charge in [-0.25, -0.2) is 0 Å². The summed E-state index contributed by atoms with van der Waals surface area (Å²) in [7, 11) is 0. The van der Waals surface area contributed by atoms with Crippen LogP contribution < -0.4 is 4.74 Å². The van der Waals surface area contributed by atoms with Gasteiger partial charge in [-0.3, -0.25) is 19.2 Å². The summed E-state index contributed by atoms with van der Waals surface area (Å²) in [6.07, 6.45) is -11.8. The van der Waals surface area contributed by atoms with E-state index in [9.17, 15) is 32.3 Å². The highest BCUT2D eigenvalue weighted by molar-refractivity contribution is 5.68. The molecule has 0 aromatic heterocycles. The van der Waals surface area contributed by atoms with Crippen molar-refractivity contribution in [2.45, 2.75) is 70.2 Å². The Morgan fingerprint density at radius 3 is 1.81 bits per heavy atom. The molecule has 12 nitrogen and oxygen atoms in total. The molecule has 0 saturated carbocycles. The maximum Gasteiger partial charge on any atom is 0.442 e. The zero-order chi connectivity index (χ0) is 27.5. The zero-order valence-corrected chi connectivity index (χ0v) is 20.0. The van der Waals surface area contributed by atoms with Crippen molar-refractivity contribution in [3.8, 4) is 5.75 Å². The molecule has 0 amide bonds. The third-order valence-corrected chi connectivity index (χ3v) is 5.15. The molecule has 1 aromatic carbocycles. The molecule has 0 radical (unpaired) electrons. The van der Waals surface area contributed by atoms with Crippen LogP contribution in [0.1, 0.15) is 33.3 Å². The van der Waals surface area contributed by atoms with Crippen LogP contribution in [0.2, 0.25) is 0 Å². The first kappa shape index (κ1) is 27.8. The smallest absolute Gasteiger partial charge is 0.442 e. The van der Waals surface area contributed by atoms with Crippen molar-refractivity contribution < 1.29 is 60.8 Å². The first-order valence-electron chi connectivity index (χ1n) is 10.8. The predicted octanol–water partition coefficient (Wildman–Crippen LogP) is 2.33. The molecular weight excluding hydrogens is 509 g/mol. The summed E-state index contributed by atoms with van der Waals surface area (Å²) in [5.41, 5.74) is -2.89. The van der Waals surface area contributed by atoms with Gasteiger partial charge in [0.1, 0.15) is 18.5 Å². The summed E-state index contributed by atoms with van der Waals surface area (Å²) < 4.78 is 72.1. The van der Waals surface area contributed by atoms with Crippen LogP contribution in [-0.4, -0.2) is 67.4 Å². The van der Waals surface area contributed by atoms with E-state index in [0.29, 0.717) is 0 Å². The van der Waals surface area contributed by atoms with Crippen LogP contribution in [0.4, 0.5) is 13.2 Å². The van der Waals surface area contributed by atoms with Gasteiger partial charge in [-0.15, -0.1) is 10.2 Å². The zero-order valence-electron chi connectivity index (χ0n) is 20.0. The lowest BCUT2D eigenvalue weighted by molar-refractivity contribution is -0.288. The van der Waals surface area contributed by atoms with Crippen molar-refractivity contribution in [3.05, 3.63) is 29.8 Å². The molecule has 15 heteroatoms. The Bertz CT molecular complexity index is 1070. The van der Waals surface area contributed by atoms with Crippen LogP contribution >= 0.6 is 0 Å². The van der Waals surface area contributed by atoms with Gasteiger partial charge in [-0.2, -0.15) is 13.2 Å². The lowest BCUT2D eigenvalue weighted by atomic mass is 9.98. The number of carbonyl (C=O) groups excluding carboxylic acids is 4. The van der Waals surface area contributed by atoms with E-state index in [0.717, 1.165) is 39.8 Å². The minimum Gasteiger partial charge on any atom is -0.463 e. The van der Waals surface area contributed by atoms with E-state index >= 15 is 0 Å². The number of esters is 4. The van der Waals surface area contributed by atoms with Crippen molar-refractivity contribution in [1.29, 1.82) is 0 Å². The minimum atomic E-state index is -4.73. The first-order chi connectivity index (χ1) is 17.2. The molecule has 0 N–H and O–H groups in total. The van der Waals surface area contributed by atoms with Gasteiger partial charge in [0, 0.05) is 33.3 Å². The summed E-state index contributed by atoms with van der Waals surface area (Å²) in [5, 5.41) is 6.25. The molecule has 0 bridgehead atoms. The number of hydrogen-bond acceptors (Lipinski definition) is 12. The number of rotatable bonds is 8. The van der Waals surface area contributed by atoms with Crippen LogP contribution in [0.15, 0.2) is 34.5 Å². The lowest BCUT2D eigenvalue weighted by Gasteiger charge is -2.43. The Hall–Kier alpha value is -3.75. The van der Waals surface area contributed by atoms with Crippen LogP contribution in [0.3, 0.4) is 0 Å². The van der Waals surface area contributed by atoms with E-state index in [4.69, 9.17) is 28.4 Å². The van der Waals surface area contributed by atoms with Gasteiger partial charge in [0.05, 0.1) is 0 Å². The second-order valence-corrected chi connectivity index (χ2v) is 8.08. The fourth-order valence-corrected chi connectivity index (χ4v) is 3.63. The molecule has 0 spiro atoms. The van der Waals surface area contributed by atoms with E-state index in [1.165, 1.54) is 12.1 Å². The Labute approximate surface area is 208 Å². The quantitative estimate of drug-likeness (QED) is 0.361. The fourth-order valence-electron chi connectivity index (χ4n) is 3.63. The number of nitrogens with zero attached hydrogens (tertiary/aromatic N) is 2. The summed E-state index contributed by atoms with van der Waals surface area (Å²) in [6.45, 7) is 3.85. The fraction of sp³-hybridized carbons (Fsp3) is 0.545. The average Bonchev–Trinajstić information content (AvgIpc) is 3.58. The van der Waals surface area contributed by atoms with Gasteiger partial charge in [0.2, 0.25) is 12.4 Å². The summed E-state index contributed by atoms with van der Waals surface area (Å²) in [4.78, 5) is 46.8. The van der Waals surface area contributed by atoms with Crippen LogP contribution in [0, 0.1) is 0 Å². The Kier molecular flexibility index (Phi) is 8.05. The summed E-state index contributed by atoms with van der Waals surface area (Å²) >= 11 is 0. The van der Waals surface area contributed by atoms with Gasteiger partial charge >= 0.3 is 35.7 Å². The van der Waals surface area contributed by atoms with Crippen molar-refractivity contribution in [2.75, 3.05) is 6.61 Å². The molecule has 2 aliphatic rings. The van der Waals surface area contributed by atoms with Crippen LogP contribution in [0.25, 0.3) is 0 Å². The summed E-state index contributed by atoms with van der Waals surface area (Å²) in [6, 6.07) is 4.54. The number of alkyl halides is 3. The Morgan fingerprint density at radius 2 is 1.35 bits per heavy atom. The molecule has 1 saturated heterocycles. The summed E-state index contributed by atoms with van der Waals surface area (Å²) in [5.74, 6) is -3.19. The van der Waals surface area contributed by atoms with Gasteiger partial charge in [0.25, 0.3) is 0 Å². The van der Waals surface area contributed by atoms with Crippen molar-refractivity contribution in [1.82, 2.24) is 0 Å². The van der Waals surface area contributed by atoms with E-state index in [-0.39, 0.29) is 11.3 Å². The molecule has 0 unspecified atom stereocenters. The van der Waals surface area contributed by atoms with Crippen molar-refractivity contribution >= 4 is 23.9 Å². The van der Waals surface area contributed by atoms with Crippen molar-refractivity contribution in [3.63, 3.8) is 0 Å².